The lowest BCUT2D eigenvalue weighted by Crippen LogP contribution is -2.73. The van der Waals surface area contributed by atoms with E-state index in [1.165, 1.54) is 67.3 Å². The fourth-order valence-corrected chi connectivity index (χ4v) is 7.58. The fraction of sp³-hybridized carbons (Fsp3) is 0.167. The molecule has 0 unspecified atom stereocenters. The van der Waals surface area contributed by atoms with E-state index in [1.807, 2.05) is 11.8 Å². The van der Waals surface area contributed by atoms with Crippen molar-refractivity contribution in [1.29, 1.82) is 0 Å². The molecule has 0 fully saturated rings. The molecule has 8 rings (SSSR count). The zero-order chi connectivity index (χ0) is 27.9. The lowest BCUT2D eigenvalue weighted by molar-refractivity contribution is -0.555. The Hall–Kier alpha value is -4.55. The van der Waals surface area contributed by atoms with Gasteiger partial charge in [-0.3, -0.25) is 15.6 Å². The number of aromatic nitrogens is 1. The molecule has 0 atom stereocenters. The molecule has 0 aliphatic carbocycles. The number of guanidine groups is 1. The van der Waals surface area contributed by atoms with Gasteiger partial charge in [0.05, 0.1) is 35.7 Å². The number of pyridine rings is 1. The van der Waals surface area contributed by atoms with Gasteiger partial charge in [0.2, 0.25) is 16.9 Å². The second-order valence-electron chi connectivity index (χ2n) is 11.1. The van der Waals surface area contributed by atoms with E-state index in [1.54, 1.807) is 0 Å². The number of para-hydroxylation sites is 3. The van der Waals surface area contributed by atoms with Gasteiger partial charge in [-0.25, -0.2) is 0 Å². The topological polar surface area (TPSA) is 45.2 Å². The van der Waals surface area contributed by atoms with Crippen LogP contribution in [0.15, 0.2) is 113 Å². The smallest absolute Gasteiger partial charge is 0.335 e. The quantitative estimate of drug-likeness (QED) is 0.268. The highest BCUT2D eigenvalue weighted by molar-refractivity contribution is 8.03. The second kappa shape index (κ2) is 10.7. The van der Waals surface area contributed by atoms with Crippen LogP contribution in [-0.4, -0.2) is 25.6 Å². The summed E-state index contributed by atoms with van der Waals surface area (Å²) in [5.74, 6) is 1.01. The van der Waals surface area contributed by atoms with Crippen molar-refractivity contribution < 1.29 is 9.56 Å². The van der Waals surface area contributed by atoms with Gasteiger partial charge in [-0.1, -0.05) is 66.4 Å². The van der Waals surface area contributed by atoms with Crippen molar-refractivity contribution in [3.63, 3.8) is 0 Å². The molecule has 42 heavy (non-hydrogen) atoms. The predicted octanol–water partition coefficient (Wildman–Crippen LogP) is 4.77. The number of anilines is 1. The van der Waals surface area contributed by atoms with Crippen LogP contribution in [0.1, 0.15) is 23.1 Å². The summed E-state index contributed by atoms with van der Waals surface area (Å²) in [6.07, 6.45) is 4.77. The van der Waals surface area contributed by atoms with Crippen LogP contribution in [0.3, 0.4) is 0 Å². The van der Waals surface area contributed by atoms with E-state index in [0.29, 0.717) is 0 Å². The molecule has 4 aromatic carbocycles. The third-order valence-corrected chi connectivity index (χ3v) is 9.49. The Morgan fingerprint density at radius 3 is 2.64 bits per heavy atom. The minimum atomic E-state index is 0.777. The second-order valence-corrected chi connectivity index (χ2v) is 12.1. The van der Waals surface area contributed by atoms with E-state index in [9.17, 15) is 0 Å². The number of nitrogens with one attached hydrogen (secondary N) is 3. The third-order valence-electron chi connectivity index (χ3n) is 8.39. The lowest BCUT2D eigenvalue weighted by Gasteiger charge is -2.27. The van der Waals surface area contributed by atoms with Crippen LogP contribution in [0.5, 0.6) is 0 Å². The summed E-state index contributed by atoms with van der Waals surface area (Å²) in [7, 11) is 0. The van der Waals surface area contributed by atoms with Crippen molar-refractivity contribution in [1.82, 2.24) is 10.6 Å². The van der Waals surface area contributed by atoms with Crippen LogP contribution >= 0.6 is 11.8 Å². The van der Waals surface area contributed by atoms with Crippen LogP contribution in [0.4, 0.5) is 5.69 Å². The van der Waals surface area contributed by atoms with Crippen LogP contribution in [-0.2, 0) is 13.0 Å². The zero-order valence-electron chi connectivity index (χ0n) is 23.4. The first-order valence-electron chi connectivity index (χ1n) is 14.8. The van der Waals surface area contributed by atoms with Crippen molar-refractivity contribution in [3.8, 4) is 16.9 Å². The van der Waals surface area contributed by atoms with Gasteiger partial charge in [0.15, 0.2) is 0 Å². The van der Waals surface area contributed by atoms with Gasteiger partial charge in [-0.05, 0) is 59.9 Å². The van der Waals surface area contributed by atoms with E-state index in [0.717, 1.165) is 37.8 Å². The number of rotatable bonds is 5. The average Bonchev–Trinajstić information content (AvgIpc) is 3.70. The van der Waals surface area contributed by atoms with Crippen molar-refractivity contribution >= 4 is 40.4 Å². The molecule has 0 saturated heterocycles. The number of benzene rings is 4. The third kappa shape index (κ3) is 4.52. The molecule has 0 spiro atoms. The van der Waals surface area contributed by atoms with E-state index in [2.05, 4.69) is 134 Å². The van der Waals surface area contributed by atoms with Gasteiger partial charge >= 0.3 is 5.96 Å². The summed E-state index contributed by atoms with van der Waals surface area (Å²) >= 11 is 1.91. The van der Waals surface area contributed by atoms with E-state index < -0.39 is 0 Å². The molecular weight excluding hydrogens is 534 g/mol. The Kier molecular flexibility index (Phi) is 6.41. The summed E-state index contributed by atoms with van der Waals surface area (Å²) in [4.78, 5) is 7.26. The molecule has 0 saturated carbocycles. The Bertz CT molecular complexity index is 1860. The van der Waals surface area contributed by atoms with E-state index in [-0.39, 0.29) is 0 Å². The molecule has 3 aliphatic heterocycles. The van der Waals surface area contributed by atoms with Gasteiger partial charge in [0, 0.05) is 41.3 Å². The van der Waals surface area contributed by atoms with Crippen LogP contribution in [0.25, 0.3) is 33.9 Å². The van der Waals surface area contributed by atoms with Gasteiger partial charge in [0.25, 0.3) is 0 Å². The number of aryl methyl sites for hydroxylation is 1. The summed E-state index contributed by atoms with van der Waals surface area (Å²) in [5, 5.41) is 9.38. The number of hydrogen-bond acceptors (Lipinski definition) is 4. The highest BCUT2D eigenvalue weighted by Crippen LogP contribution is 2.50. The van der Waals surface area contributed by atoms with Crippen molar-refractivity contribution in [2.24, 2.45) is 0 Å². The molecule has 0 radical (unpaired) electrons. The molecule has 0 bridgehead atoms. The fourth-order valence-electron chi connectivity index (χ4n) is 6.39. The SMILES string of the molecule is C(=C1Sc2cccc3c2N1CCC3)c1cc(-c2ccc(CNC3=[NH+]CCN3)cc2)[n+](-c2ccccc2)c2ccccc12. The largest absolute Gasteiger partial charge is 0.343 e. The van der Waals surface area contributed by atoms with E-state index >= 15 is 0 Å². The number of hydrogen-bond donors (Lipinski definition) is 3. The molecule has 0 amide bonds. The molecule has 1 aromatic heterocycles. The number of nitrogens with zero attached hydrogens (tertiary/aromatic N) is 2. The lowest BCUT2D eigenvalue weighted by atomic mass is 10.0. The summed E-state index contributed by atoms with van der Waals surface area (Å²) < 4.78 is 2.41. The molecule has 5 nitrogen and oxygen atoms in total. The maximum Gasteiger partial charge on any atom is 0.343 e. The van der Waals surface area contributed by atoms with Crippen molar-refractivity contribution in [2.45, 2.75) is 24.3 Å². The molecular formula is C36H33N5S+2. The van der Waals surface area contributed by atoms with Crippen LogP contribution in [0.2, 0.25) is 0 Å². The van der Waals surface area contributed by atoms with Gasteiger partial charge in [-0.15, -0.1) is 0 Å². The molecule has 6 heteroatoms. The van der Waals surface area contributed by atoms with Crippen LogP contribution in [0, 0.1) is 0 Å². The first kappa shape index (κ1) is 25.2. The van der Waals surface area contributed by atoms with Crippen LogP contribution < -0.4 is 25.1 Å². The first-order valence-corrected chi connectivity index (χ1v) is 15.6. The zero-order valence-corrected chi connectivity index (χ0v) is 24.3. The molecule has 206 valence electrons. The van der Waals surface area contributed by atoms with Gasteiger partial charge in [0.1, 0.15) is 0 Å². The van der Waals surface area contributed by atoms with Gasteiger partial charge < -0.3 is 4.90 Å². The minimum absolute atomic E-state index is 0.777. The minimum Gasteiger partial charge on any atom is -0.335 e. The number of fused-ring (bicyclic) bond motifs is 1. The first-order chi connectivity index (χ1) is 20.8. The Balaban J connectivity index is 1.26. The highest BCUT2D eigenvalue weighted by Gasteiger charge is 2.31. The average molecular weight is 568 g/mol. The molecule has 3 aliphatic rings. The maximum absolute atomic E-state index is 3.47. The molecule has 5 aromatic rings. The van der Waals surface area contributed by atoms with Crippen molar-refractivity contribution in [3.05, 3.63) is 125 Å². The van der Waals surface area contributed by atoms with Gasteiger partial charge in [-0.2, -0.15) is 4.57 Å². The summed E-state index contributed by atoms with van der Waals surface area (Å²) in [5.41, 5.74) is 10.1. The molecule has 4 heterocycles. The Morgan fingerprint density at radius 2 is 1.79 bits per heavy atom. The van der Waals surface area contributed by atoms with E-state index in [4.69, 9.17) is 0 Å². The highest BCUT2D eigenvalue weighted by atomic mass is 32.2. The Labute approximate surface area is 250 Å². The summed E-state index contributed by atoms with van der Waals surface area (Å²) in [6, 6.07) is 37.7. The summed E-state index contributed by atoms with van der Waals surface area (Å²) in [6.45, 7) is 3.78. The normalized spacial score (nSPS) is 16.4. The van der Waals surface area contributed by atoms with Crippen molar-refractivity contribution in [2.75, 3.05) is 24.5 Å². The monoisotopic (exact) mass is 567 g/mol. The standard InChI is InChI=1S/C36H32N5S/c1-2-10-29(11-3-1)41-31-13-5-4-12-30(31)28(23-34-40-21-7-9-27-8-6-14-33(42-34)35(27)40)22-32(41)26-17-15-25(16-18-26)24-39-36-37-19-20-38-36/h1-6,8,10-18,22-23H,7,9,19-21,24H2,(H2,37,38,39)/q+1/p+1. The maximum atomic E-state index is 3.47. The molecule has 3 N–H and O–H groups in total. The number of thioether (sulfide) groups is 1. The Morgan fingerprint density at radius 1 is 0.929 bits per heavy atom. The predicted molar refractivity (Wildman–Crippen MR) is 173 cm³/mol.